The Labute approximate surface area is 223 Å². The molecule has 0 saturated carbocycles. The molecular weight excluding hydrogens is 523 g/mol. The molecule has 2 heterocycles. The monoisotopic (exact) mass is 553 g/mol. The average molecular weight is 554 g/mol. The number of β-amino-alcohol motifs (C(OH)–C–C–N with tert-alkyl or cyclic N) is 1. The highest BCUT2D eigenvalue weighted by molar-refractivity contribution is 7.99. The number of nitrogens with zero attached hydrogens (tertiary/aromatic N) is 3. The summed E-state index contributed by atoms with van der Waals surface area (Å²) >= 11 is 1.53. The fourth-order valence-corrected chi connectivity index (χ4v) is 5.30. The summed E-state index contributed by atoms with van der Waals surface area (Å²) in [6, 6.07) is 11.9. The Hall–Kier alpha value is -3.06. The molecule has 4 rings (SSSR count). The molecule has 8 nitrogen and oxygen atoms in total. The van der Waals surface area contributed by atoms with Gasteiger partial charge in [0.1, 0.15) is 0 Å². The number of carboxylic acid groups (broad SMARTS) is 2. The molecule has 0 unspecified atom stereocenters. The maximum Gasteiger partial charge on any atom is 0.416 e. The van der Waals surface area contributed by atoms with E-state index >= 15 is 0 Å². The Balaban J connectivity index is 0.000000436. The van der Waals surface area contributed by atoms with Crippen LogP contribution in [0.5, 0.6) is 0 Å². The highest BCUT2D eigenvalue weighted by Crippen LogP contribution is 2.49. The molecule has 1 saturated heterocycles. The summed E-state index contributed by atoms with van der Waals surface area (Å²) in [5.74, 6) is -2.51. The lowest BCUT2D eigenvalue weighted by Crippen LogP contribution is -2.47. The molecular formula is C26H30F3N3O5S. The number of hydrogen-bond acceptors (Lipinski definition) is 7. The highest BCUT2D eigenvalue weighted by Gasteiger charge is 2.33. The van der Waals surface area contributed by atoms with E-state index in [1.165, 1.54) is 23.9 Å². The molecule has 2 aliphatic heterocycles. The quantitative estimate of drug-likeness (QED) is 0.418. The average Bonchev–Trinajstić information content (AvgIpc) is 2.88. The van der Waals surface area contributed by atoms with E-state index in [0.29, 0.717) is 30.9 Å². The molecule has 12 heteroatoms. The molecule has 0 spiro atoms. The Bertz CT molecular complexity index is 1120. The number of para-hydroxylation sites is 1. The molecule has 1 fully saturated rings. The molecule has 2 aliphatic rings. The van der Waals surface area contributed by atoms with Gasteiger partial charge >= 0.3 is 18.1 Å². The first-order valence-corrected chi connectivity index (χ1v) is 12.9. The van der Waals surface area contributed by atoms with Crippen molar-refractivity contribution < 1.29 is 38.1 Å². The third-order valence-electron chi connectivity index (χ3n) is 6.06. The second-order valence-corrected chi connectivity index (χ2v) is 9.76. The van der Waals surface area contributed by atoms with Crippen LogP contribution in [0.1, 0.15) is 12.0 Å². The van der Waals surface area contributed by atoms with Crippen molar-refractivity contribution in [2.24, 2.45) is 0 Å². The number of aliphatic hydroxyl groups is 1. The van der Waals surface area contributed by atoms with Crippen LogP contribution in [0.15, 0.2) is 64.4 Å². The number of fused-ring (bicyclic) bond motifs is 2. The Kier molecular flexibility index (Phi) is 10.6. The first-order chi connectivity index (χ1) is 18.1. The van der Waals surface area contributed by atoms with Gasteiger partial charge in [-0.15, -0.1) is 0 Å². The van der Waals surface area contributed by atoms with Crippen molar-refractivity contribution in [3.63, 3.8) is 0 Å². The summed E-state index contributed by atoms with van der Waals surface area (Å²) < 4.78 is 39.9. The Morgan fingerprint density at radius 1 is 0.842 bits per heavy atom. The van der Waals surface area contributed by atoms with E-state index in [0.717, 1.165) is 54.6 Å². The highest BCUT2D eigenvalue weighted by atomic mass is 32.2. The Morgan fingerprint density at radius 3 is 2.00 bits per heavy atom. The molecule has 206 valence electrons. The number of halogens is 3. The van der Waals surface area contributed by atoms with Gasteiger partial charge in [0, 0.05) is 61.2 Å². The van der Waals surface area contributed by atoms with Crippen LogP contribution in [-0.2, 0) is 15.8 Å². The molecule has 0 atom stereocenters. The maximum absolute atomic E-state index is 13.3. The third-order valence-corrected chi connectivity index (χ3v) is 7.19. The molecule has 2 aromatic rings. The van der Waals surface area contributed by atoms with E-state index in [1.54, 1.807) is 6.07 Å². The van der Waals surface area contributed by atoms with Crippen LogP contribution in [-0.4, -0.2) is 89.5 Å². The van der Waals surface area contributed by atoms with E-state index in [2.05, 4.69) is 9.80 Å². The zero-order valence-electron chi connectivity index (χ0n) is 20.6. The predicted octanol–water partition coefficient (Wildman–Crippen LogP) is 4.02. The van der Waals surface area contributed by atoms with Gasteiger partial charge in [-0.1, -0.05) is 23.9 Å². The number of anilines is 2. The second kappa shape index (κ2) is 13.7. The number of benzene rings is 2. The van der Waals surface area contributed by atoms with Gasteiger partial charge in [-0.05, 0) is 43.3 Å². The van der Waals surface area contributed by atoms with E-state index < -0.39 is 23.7 Å². The number of alkyl halides is 3. The zero-order valence-corrected chi connectivity index (χ0v) is 21.4. The van der Waals surface area contributed by atoms with E-state index in [-0.39, 0.29) is 6.61 Å². The number of rotatable bonds is 8. The van der Waals surface area contributed by atoms with E-state index in [1.807, 2.05) is 29.2 Å². The van der Waals surface area contributed by atoms with Crippen LogP contribution < -0.4 is 4.90 Å². The summed E-state index contributed by atoms with van der Waals surface area (Å²) in [6.45, 7) is 6.29. The molecule has 38 heavy (non-hydrogen) atoms. The second-order valence-electron chi connectivity index (χ2n) is 8.67. The minimum atomic E-state index is -4.35. The number of piperazine rings is 1. The number of hydrogen-bond donors (Lipinski definition) is 3. The van der Waals surface area contributed by atoms with Crippen molar-refractivity contribution in [3.05, 3.63) is 60.2 Å². The van der Waals surface area contributed by atoms with Crippen LogP contribution in [0.25, 0.3) is 0 Å². The molecule has 0 aliphatic carbocycles. The predicted molar refractivity (Wildman–Crippen MR) is 138 cm³/mol. The van der Waals surface area contributed by atoms with Crippen molar-refractivity contribution in [2.75, 3.05) is 57.3 Å². The van der Waals surface area contributed by atoms with Crippen LogP contribution in [0.3, 0.4) is 0 Å². The van der Waals surface area contributed by atoms with Crippen molar-refractivity contribution in [2.45, 2.75) is 22.4 Å². The van der Waals surface area contributed by atoms with Crippen LogP contribution in [0.2, 0.25) is 0 Å². The van der Waals surface area contributed by atoms with Gasteiger partial charge in [0.05, 0.1) is 23.5 Å². The molecule has 0 aromatic heterocycles. The van der Waals surface area contributed by atoms with Gasteiger partial charge in [0.15, 0.2) is 0 Å². The molecule has 0 bridgehead atoms. The lowest BCUT2D eigenvalue weighted by molar-refractivity contribution is -0.137. The van der Waals surface area contributed by atoms with Gasteiger partial charge in [0.2, 0.25) is 0 Å². The normalized spacial score (nSPS) is 15.9. The van der Waals surface area contributed by atoms with Gasteiger partial charge < -0.3 is 25.1 Å². The minimum Gasteiger partial charge on any atom is -0.478 e. The largest absolute Gasteiger partial charge is 0.478 e. The fourth-order valence-electron chi connectivity index (χ4n) is 4.22. The zero-order chi connectivity index (χ0) is 27.7. The van der Waals surface area contributed by atoms with Crippen molar-refractivity contribution in [1.82, 2.24) is 9.80 Å². The number of aliphatic hydroxyl groups excluding tert-OH is 1. The van der Waals surface area contributed by atoms with Crippen molar-refractivity contribution >= 4 is 35.1 Å². The third kappa shape index (κ3) is 8.48. The first-order valence-electron chi connectivity index (χ1n) is 12.0. The van der Waals surface area contributed by atoms with E-state index in [4.69, 9.17) is 15.3 Å². The molecule has 2 aromatic carbocycles. The smallest absolute Gasteiger partial charge is 0.416 e. The summed E-state index contributed by atoms with van der Waals surface area (Å²) in [4.78, 5) is 27.7. The summed E-state index contributed by atoms with van der Waals surface area (Å²) in [5.41, 5.74) is 1.01. The van der Waals surface area contributed by atoms with Crippen LogP contribution in [0.4, 0.5) is 24.5 Å². The number of carboxylic acids is 2. The lowest BCUT2D eigenvalue weighted by Gasteiger charge is -2.36. The fraction of sp³-hybridized carbons (Fsp3) is 0.385. The maximum atomic E-state index is 13.3. The van der Waals surface area contributed by atoms with Gasteiger partial charge in [-0.2, -0.15) is 13.2 Å². The van der Waals surface area contributed by atoms with Gasteiger partial charge in [-0.25, -0.2) is 9.59 Å². The standard InChI is InChI=1S/C22H26F3N3OS.C4H4O4/c23-22(24,25)17-6-7-21-19(16-17)28(18-4-1-2-5-20(18)30-21)9-3-8-26-10-12-27(13-11-26)14-15-29;5-3(6)1-2-4(7)8/h1-2,4-7,16,29H,3,8-15H2;1-2H,(H,5,6)(H,7,8)/b;2-1-. The summed E-state index contributed by atoms with van der Waals surface area (Å²) in [6.07, 6.45) is -2.37. The van der Waals surface area contributed by atoms with Crippen LogP contribution in [0, 0.1) is 0 Å². The first kappa shape index (κ1) is 29.5. The van der Waals surface area contributed by atoms with Crippen molar-refractivity contribution in [3.8, 4) is 0 Å². The topological polar surface area (TPSA) is 105 Å². The van der Waals surface area contributed by atoms with Crippen LogP contribution >= 0.6 is 11.8 Å². The molecule has 3 N–H and O–H groups in total. The lowest BCUT2D eigenvalue weighted by atomic mass is 10.1. The van der Waals surface area contributed by atoms with E-state index in [9.17, 15) is 22.8 Å². The SMILES string of the molecule is O=C(O)/C=C\C(=O)O.OCCN1CCN(CCCN2c3ccccc3Sc3ccc(C(F)(F)F)cc32)CC1. The minimum absolute atomic E-state index is 0.186. The summed E-state index contributed by atoms with van der Waals surface area (Å²) in [5, 5.41) is 24.7. The number of carbonyl (C=O) groups is 2. The number of aliphatic carboxylic acids is 2. The molecule has 0 radical (unpaired) electrons. The van der Waals surface area contributed by atoms with Crippen molar-refractivity contribution in [1.29, 1.82) is 0 Å². The Morgan fingerprint density at radius 2 is 1.42 bits per heavy atom. The summed E-state index contributed by atoms with van der Waals surface area (Å²) in [7, 11) is 0. The molecule has 0 amide bonds. The van der Waals surface area contributed by atoms with Gasteiger partial charge in [0.25, 0.3) is 0 Å². The van der Waals surface area contributed by atoms with Gasteiger partial charge in [-0.3, -0.25) is 4.90 Å².